The van der Waals surface area contributed by atoms with E-state index in [1.165, 1.54) is 36.4 Å². The van der Waals surface area contributed by atoms with Crippen molar-refractivity contribution in [1.82, 2.24) is 0 Å². The van der Waals surface area contributed by atoms with Crippen LogP contribution in [0.3, 0.4) is 0 Å². The monoisotopic (exact) mass is 465 g/mol. The molecule has 2 heterocycles. The molecule has 0 aliphatic carbocycles. The van der Waals surface area contributed by atoms with Gasteiger partial charge in [0.25, 0.3) is 5.69 Å². The topological polar surface area (TPSA) is 143 Å². The van der Waals surface area contributed by atoms with Crippen LogP contribution >= 0.6 is 0 Å². The molecule has 2 atom stereocenters. The lowest BCUT2D eigenvalue weighted by molar-refractivity contribution is -0.384. The number of hydrogen-bond donors (Lipinski definition) is 4. The average Bonchev–Trinajstić information content (AvgIpc) is 2.82. The molecule has 0 aromatic heterocycles. The van der Waals surface area contributed by atoms with Gasteiger partial charge >= 0.3 is 0 Å². The minimum atomic E-state index is -2.38. The first kappa shape index (κ1) is 22.3. The van der Waals surface area contributed by atoms with Crippen LogP contribution < -0.4 is 9.47 Å². The Morgan fingerprint density at radius 3 is 1.65 bits per heavy atom. The molecule has 3 aromatic rings. The van der Waals surface area contributed by atoms with Crippen LogP contribution in [-0.4, -0.2) is 38.6 Å². The summed E-state index contributed by atoms with van der Waals surface area (Å²) in [6.45, 7) is -0.278. The molecule has 2 aliphatic rings. The number of nitro benzene ring substituents is 1. The van der Waals surface area contributed by atoms with Crippen molar-refractivity contribution in [1.29, 1.82) is 0 Å². The van der Waals surface area contributed by atoms with E-state index in [4.69, 9.17) is 9.47 Å². The molecule has 0 radical (unpaired) electrons. The third kappa shape index (κ3) is 3.50. The van der Waals surface area contributed by atoms with Crippen LogP contribution in [-0.2, 0) is 11.6 Å². The molecule has 0 spiro atoms. The predicted molar refractivity (Wildman–Crippen MR) is 119 cm³/mol. The fourth-order valence-electron chi connectivity index (χ4n) is 5.06. The van der Waals surface area contributed by atoms with Crippen LogP contribution in [0.5, 0.6) is 11.5 Å². The van der Waals surface area contributed by atoms with Gasteiger partial charge in [0.05, 0.1) is 41.1 Å². The van der Waals surface area contributed by atoms with Gasteiger partial charge < -0.3 is 29.9 Å². The second-order valence-electron chi connectivity index (χ2n) is 8.65. The van der Waals surface area contributed by atoms with E-state index in [1.54, 1.807) is 36.4 Å². The van der Waals surface area contributed by atoms with Crippen molar-refractivity contribution in [3.63, 3.8) is 0 Å². The standard InChI is InChI=1S/C25H23NO8/c27-24(28)17-5-1-3-7-21(17)33-13-19(24)23(15-9-11-16(12-10-15)26(31)32)20-14-34-22-8-4-2-6-18(22)25(20,29)30/h1-12,19-20,23,27-30H,13-14H2. The van der Waals surface area contributed by atoms with E-state index in [-0.39, 0.29) is 30.0 Å². The van der Waals surface area contributed by atoms with Gasteiger partial charge in [-0.05, 0) is 29.8 Å². The van der Waals surface area contributed by atoms with Crippen molar-refractivity contribution in [3.8, 4) is 11.5 Å². The Balaban J connectivity index is 1.64. The molecule has 9 nitrogen and oxygen atoms in total. The molecule has 2 aliphatic heterocycles. The average molecular weight is 465 g/mol. The Kier molecular flexibility index (Phi) is 5.29. The Bertz CT molecular complexity index is 1160. The van der Waals surface area contributed by atoms with Crippen molar-refractivity contribution >= 4 is 5.69 Å². The van der Waals surface area contributed by atoms with Gasteiger partial charge in [-0.25, -0.2) is 0 Å². The van der Waals surface area contributed by atoms with Gasteiger partial charge in [0.15, 0.2) is 11.6 Å². The Labute approximate surface area is 194 Å². The maximum Gasteiger partial charge on any atom is 0.269 e. The first-order valence-electron chi connectivity index (χ1n) is 10.8. The lowest BCUT2D eigenvalue weighted by Crippen LogP contribution is -2.53. The number of fused-ring (bicyclic) bond motifs is 2. The molecular formula is C25H23NO8. The predicted octanol–water partition coefficient (Wildman–Crippen LogP) is 2.37. The molecule has 5 rings (SSSR count). The van der Waals surface area contributed by atoms with Gasteiger partial charge in [-0.1, -0.05) is 36.4 Å². The van der Waals surface area contributed by atoms with Crippen LogP contribution in [0.25, 0.3) is 0 Å². The summed E-state index contributed by atoms with van der Waals surface area (Å²) in [4.78, 5) is 10.6. The van der Waals surface area contributed by atoms with Crippen molar-refractivity contribution < 1.29 is 34.8 Å². The van der Waals surface area contributed by atoms with E-state index < -0.39 is 34.3 Å². The summed E-state index contributed by atoms with van der Waals surface area (Å²) in [5.41, 5.74) is 0.608. The molecule has 0 amide bonds. The number of nitrogens with zero attached hydrogens (tertiary/aromatic N) is 1. The van der Waals surface area contributed by atoms with E-state index in [2.05, 4.69) is 0 Å². The van der Waals surface area contributed by atoms with Crippen molar-refractivity contribution in [2.45, 2.75) is 17.5 Å². The quantitative estimate of drug-likeness (QED) is 0.261. The maximum atomic E-state index is 11.3. The van der Waals surface area contributed by atoms with Crippen molar-refractivity contribution in [2.24, 2.45) is 11.8 Å². The highest BCUT2D eigenvalue weighted by molar-refractivity contribution is 5.43. The first-order valence-corrected chi connectivity index (χ1v) is 10.8. The second-order valence-corrected chi connectivity index (χ2v) is 8.65. The summed E-state index contributed by atoms with van der Waals surface area (Å²) in [5.74, 6) is -7.16. The third-order valence-electron chi connectivity index (χ3n) is 6.79. The fourth-order valence-corrected chi connectivity index (χ4v) is 5.06. The van der Waals surface area contributed by atoms with Crippen LogP contribution in [0, 0.1) is 22.0 Å². The van der Waals surface area contributed by atoms with Crippen molar-refractivity contribution in [3.05, 3.63) is 99.6 Å². The Morgan fingerprint density at radius 2 is 1.21 bits per heavy atom. The van der Waals surface area contributed by atoms with E-state index in [9.17, 15) is 30.5 Å². The maximum absolute atomic E-state index is 11.3. The molecular weight excluding hydrogens is 442 g/mol. The lowest BCUT2D eigenvalue weighted by atomic mass is 9.67. The Hall–Kier alpha value is -3.50. The zero-order chi connectivity index (χ0) is 24.1. The van der Waals surface area contributed by atoms with Crippen LogP contribution in [0.15, 0.2) is 72.8 Å². The van der Waals surface area contributed by atoms with Gasteiger partial charge in [-0.3, -0.25) is 10.1 Å². The molecule has 0 bridgehead atoms. The number of aliphatic hydroxyl groups is 4. The molecule has 9 heteroatoms. The summed E-state index contributed by atoms with van der Waals surface area (Å²) >= 11 is 0. The first-order chi connectivity index (χ1) is 16.2. The summed E-state index contributed by atoms with van der Waals surface area (Å²) in [6.07, 6.45) is 0. The van der Waals surface area contributed by atoms with Gasteiger partial charge in [0, 0.05) is 18.1 Å². The SMILES string of the molecule is O=[N+]([O-])c1ccc(C(C2COc3ccccc3C2(O)O)C2COc3ccccc3C2(O)O)cc1. The van der Waals surface area contributed by atoms with Gasteiger partial charge in [-0.2, -0.15) is 0 Å². The molecule has 0 fully saturated rings. The minimum Gasteiger partial charge on any atom is -0.493 e. The molecule has 34 heavy (non-hydrogen) atoms. The number of hydrogen-bond acceptors (Lipinski definition) is 8. The van der Waals surface area contributed by atoms with Gasteiger partial charge in [0.2, 0.25) is 0 Å². The minimum absolute atomic E-state index is 0.139. The summed E-state index contributed by atoms with van der Waals surface area (Å²) in [5, 5.41) is 56.5. The van der Waals surface area contributed by atoms with Gasteiger partial charge in [0.1, 0.15) is 11.5 Å². The number of rotatable bonds is 4. The van der Waals surface area contributed by atoms with Crippen LogP contribution in [0.4, 0.5) is 5.69 Å². The lowest BCUT2D eigenvalue weighted by Gasteiger charge is -2.48. The van der Waals surface area contributed by atoms with Gasteiger partial charge in [-0.15, -0.1) is 0 Å². The normalized spacial score (nSPS) is 22.9. The number of non-ortho nitro benzene ring substituents is 1. The second kappa shape index (κ2) is 8.07. The molecule has 176 valence electrons. The number of para-hydroxylation sites is 2. The number of ether oxygens (including phenoxy) is 2. The van der Waals surface area contributed by atoms with E-state index in [0.717, 1.165) is 0 Å². The third-order valence-corrected chi connectivity index (χ3v) is 6.79. The summed E-state index contributed by atoms with van der Waals surface area (Å²) < 4.78 is 11.7. The fraction of sp³-hybridized carbons (Fsp3) is 0.280. The number of benzene rings is 3. The summed E-state index contributed by atoms with van der Waals surface area (Å²) in [6, 6.07) is 18.6. The number of nitro groups is 1. The zero-order valence-electron chi connectivity index (χ0n) is 17.9. The van der Waals surface area contributed by atoms with E-state index >= 15 is 0 Å². The van der Waals surface area contributed by atoms with E-state index in [0.29, 0.717) is 17.1 Å². The highest BCUT2D eigenvalue weighted by Gasteiger charge is 2.55. The molecule has 0 saturated heterocycles. The Morgan fingerprint density at radius 1 is 0.765 bits per heavy atom. The van der Waals surface area contributed by atoms with Crippen molar-refractivity contribution in [2.75, 3.05) is 13.2 Å². The zero-order valence-corrected chi connectivity index (χ0v) is 17.9. The molecule has 3 aromatic carbocycles. The van der Waals surface area contributed by atoms with E-state index in [1.807, 2.05) is 0 Å². The highest BCUT2D eigenvalue weighted by atomic mass is 16.6. The van der Waals surface area contributed by atoms with Crippen LogP contribution in [0.1, 0.15) is 22.6 Å². The molecule has 0 saturated carbocycles. The highest BCUT2D eigenvalue weighted by Crippen LogP contribution is 2.52. The molecule has 4 N–H and O–H groups in total. The van der Waals surface area contributed by atoms with Crippen LogP contribution in [0.2, 0.25) is 0 Å². The summed E-state index contributed by atoms with van der Waals surface area (Å²) in [7, 11) is 0. The largest absolute Gasteiger partial charge is 0.493 e. The smallest absolute Gasteiger partial charge is 0.269 e. The molecule has 2 unspecified atom stereocenters.